The molecule has 0 atom stereocenters. The van der Waals surface area contributed by atoms with Crippen LogP contribution in [0.2, 0.25) is 0 Å². The van der Waals surface area contributed by atoms with Gasteiger partial charge in [-0.05, 0) is 31.6 Å². The quantitative estimate of drug-likeness (QED) is 0.264. The van der Waals surface area contributed by atoms with Crippen molar-refractivity contribution < 1.29 is 5.11 Å². The molecule has 1 aromatic rings. The van der Waals surface area contributed by atoms with E-state index in [0.29, 0.717) is 5.92 Å². The summed E-state index contributed by atoms with van der Waals surface area (Å²) in [6.07, 6.45) is 8.01. The van der Waals surface area contributed by atoms with Gasteiger partial charge < -0.3 is 15.7 Å². The summed E-state index contributed by atoms with van der Waals surface area (Å²) in [6.45, 7) is 9.22. The van der Waals surface area contributed by atoms with Crippen LogP contribution in [0.1, 0.15) is 75.9 Å². The summed E-state index contributed by atoms with van der Waals surface area (Å²) in [5.41, 5.74) is 1.35. The topological polar surface area (TPSA) is 69.5 Å². The second kappa shape index (κ2) is 12.9. The highest BCUT2D eigenvalue weighted by Crippen LogP contribution is 2.39. The molecule has 1 fully saturated rings. The molecule has 0 aliphatic heterocycles. The van der Waals surface area contributed by atoms with E-state index in [1.165, 1.54) is 37.1 Å². The molecule has 27 heavy (non-hydrogen) atoms. The minimum absolute atomic E-state index is 0. The van der Waals surface area contributed by atoms with Crippen molar-refractivity contribution in [3.05, 3.63) is 16.1 Å². The standard InChI is InChI=1S/C20H36N4OS.HI/c1-4-21-19(22-12-8-17-14-26-18(24-17)16(2)3)23-15-20(11-13-25)9-6-5-7-10-20;/h14,16,25H,4-13,15H2,1-3H3,(H2,21,22,23);1H. The highest BCUT2D eigenvalue weighted by atomic mass is 127. The number of nitrogens with zero attached hydrogens (tertiary/aromatic N) is 2. The molecule has 0 spiro atoms. The van der Waals surface area contributed by atoms with Crippen molar-refractivity contribution in [1.29, 1.82) is 0 Å². The van der Waals surface area contributed by atoms with Crippen molar-refractivity contribution in [3.8, 4) is 0 Å². The number of guanidine groups is 1. The SMILES string of the molecule is CCNC(=NCC1(CCO)CCCCC1)NCCc1csc(C(C)C)n1.I. The van der Waals surface area contributed by atoms with Gasteiger partial charge in [0.05, 0.1) is 10.7 Å². The van der Waals surface area contributed by atoms with Crippen LogP contribution >= 0.6 is 35.3 Å². The van der Waals surface area contributed by atoms with Crippen molar-refractivity contribution in [2.24, 2.45) is 10.4 Å². The van der Waals surface area contributed by atoms with Gasteiger partial charge in [-0.1, -0.05) is 33.1 Å². The van der Waals surface area contributed by atoms with E-state index >= 15 is 0 Å². The first-order chi connectivity index (χ1) is 12.6. The molecule has 5 nitrogen and oxygen atoms in total. The van der Waals surface area contributed by atoms with Crippen molar-refractivity contribution in [3.63, 3.8) is 0 Å². The van der Waals surface area contributed by atoms with Gasteiger partial charge in [0.1, 0.15) is 0 Å². The van der Waals surface area contributed by atoms with Crippen LogP contribution in [-0.4, -0.2) is 42.3 Å². The summed E-state index contributed by atoms with van der Waals surface area (Å²) in [6, 6.07) is 0. The van der Waals surface area contributed by atoms with Gasteiger partial charge in [-0.3, -0.25) is 4.99 Å². The first-order valence-electron chi connectivity index (χ1n) is 10.2. The maximum atomic E-state index is 9.48. The zero-order valence-corrected chi connectivity index (χ0v) is 20.2. The van der Waals surface area contributed by atoms with E-state index in [9.17, 15) is 5.11 Å². The Bertz CT molecular complexity index is 550. The molecule has 0 saturated heterocycles. The number of rotatable bonds is 9. The van der Waals surface area contributed by atoms with Crippen LogP contribution in [0.4, 0.5) is 0 Å². The van der Waals surface area contributed by atoms with Gasteiger partial charge in [-0.15, -0.1) is 35.3 Å². The molecule has 1 heterocycles. The van der Waals surface area contributed by atoms with Crippen LogP contribution in [0.15, 0.2) is 10.4 Å². The van der Waals surface area contributed by atoms with E-state index in [1.807, 2.05) is 0 Å². The average molecular weight is 509 g/mol. The molecular weight excluding hydrogens is 471 g/mol. The minimum atomic E-state index is 0. The molecule has 0 aromatic carbocycles. The fraction of sp³-hybridized carbons (Fsp3) is 0.800. The van der Waals surface area contributed by atoms with E-state index in [2.05, 4.69) is 36.8 Å². The first kappa shape index (κ1) is 24.6. The number of aliphatic imine (C=N–C) groups is 1. The molecule has 0 unspecified atom stereocenters. The van der Waals surface area contributed by atoms with Crippen molar-refractivity contribution in [2.75, 3.05) is 26.2 Å². The molecule has 0 radical (unpaired) electrons. The fourth-order valence-corrected chi connectivity index (χ4v) is 4.50. The van der Waals surface area contributed by atoms with Gasteiger partial charge in [-0.2, -0.15) is 0 Å². The van der Waals surface area contributed by atoms with Gasteiger partial charge in [0.25, 0.3) is 0 Å². The predicted molar refractivity (Wildman–Crippen MR) is 127 cm³/mol. The van der Waals surface area contributed by atoms with Crippen LogP contribution in [0.5, 0.6) is 0 Å². The Kier molecular flexibility index (Phi) is 11.8. The number of aliphatic hydroxyl groups excluding tert-OH is 1. The lowest BCUT2D eigenvalue weighted by Crippen LogP contribution is -2.40. The Hall–Kier alpha value is -0.410. The Morgan fingerprint density at radius 3 is 2.63 bits per heavy atom. The van der Waals surface area contributed by atoms with Crippen molar-refractivity contribution in [1.82, 2.24) is 15.6 Å². The normalized spacial score (nSPS) is 16.9. The molecule has 1 saturated carbocycles. The molecule has 7 heteroatoms. The van der Waals surface area contributed by atoms with Gasteiger partial charge in [0.15, 0.2) is 5.96 Å². The summed E-state index contributed by atoms with van der Waals surface area (Å²) in [5, 5.41) is 19.7. The maximum absolute atomic E-state index is 9.48. The summed E-state index contributed by atoms with van der Waals surface area (Å²) < 4.78 is 0. The lowest BCUT2D eigenvalue weighted by atomic mass is 9.72. The zero-order chi connectivity index (χ0) is 18.8. The molecule has 1 aromatic heterocycles. The van der Waals surface area contributed by atoms with E-state index in [-0.39, 0.29) is 36.0 Å². The zero-order valence-electron chi connectivity index (χ0n) is 17.1. The summed E-state index contributed by atoms with van der Waals surface area (Å²) in [5.74, 6) is 1.38. The van der Waals surface area contributed by atoms with Crippen LogP contribution in [-0.2, 0) is 6.42 Å². The molecule has 1 aliphatic carbocycles. The minimum Gasteiger partial charge on any atom is -0.396 e. The van der Waals surface area contributed by atoms with Crippen LogP contribution in [0.3, 0.4) is 0 Å². The molecule has 1 aliphatic rings. The lowest BCUT2D eigenvalue weighted by Gasteiger charge is -2.35. The molecule has 0 amide bonds. The average Bonchev–Trinajstić information content (AvgIpc) is 3.10. The van der Waals surface area contributed by atoms with Crippen molar-refractivity contribution in [2.45, 2.75) is 71.6 Å². The number of nitrogens with one attached hydrogen (secondary N) is 2. The summed E-state index contributed by atoms with van der Waals surface area (Å²) in [4.78, 5) is 9.56. The Morgan fingerprint density at radius 1 is 1.30 bits per heavy atom. The number of halogens is 1. The maximum Gasteiger partial charge on any atom is 0.191 e. The lowest BCUT2D eigenvalue weighted by molar-refractivity contribution is 0.137. The first-order valence-corrected chi connectivity index (χ1v) is 11.0. The number of aliphatic hydroxyl groups is 1. The fourth-order valence-electron chi connectivity index (χ4n) is 3.63. The highest BCUT2D eigenvalue weighted by molar-refractivity contribution is 14.0. The second-order valence-electron chi connectivity index (χ2n) is 7.74. The van der Waals surface area contributed by atoms with E-state index in [0.717, 1.165) is 44.1 Å². The van der Waals surface area contributed by atoms with Gasteiger partial charge >= 0.3 is 0 Å². The van der Waals surface area contributed by atoms with Gasteiger partial charge in [0, 0.05) is 44.0 Å². The smallest absolute Gasteiger partial charge is 0.191 e. The predicted octanol–water partition coefficient (Wildman–Crippen LogP) is 4.32. The largest absolute Gasteiger partial charge is 0.396 e. The molecule has 156 valence electrons. The molecule has 2 rings (SSSR count). The third-order valence-electron chi connectivity index (χ3n) is 5.21. The third-order valence-corrected chi connectivity index (χ3v) is 6.40. The second-order valence-corrected chi connectivity index (χ2v) is 8.63. The van der Waals surface area contributed by atoms with Crippen molar-refractivity contribution >= 4 is 41.3 Å². The Balaban J connectivity index is 0.00000364. The number of thiazole rings is 1. The number of hydrogen-bond donors (Lipinski definition) is 3. The van der Waals surface area contributed by atoms with Gasteiger partial charge in [0.2, 0.25) is 0 Å². The monoisotopic (exact) mass is 508 g/mol. The summed E-state index contributed by atoms with van der Waals surface area (Å²) >= 11 is 1.75. The van der Waals surface area contributed by atoms with E-state index in [4.69, 9.17) is 9.98 Å². The summed E-state index contributed by atoms with van der Waals surface area (Å²) in [7, 11) is 0. The Labute approximate surface area is 185 Å². The molecular formula is C20H37IN4OS. The highest BCUT2D eigenvalue weighted by Gasteiger charge is 2.31. The number of hydrogen-bond acceptors (Lipinski definition) is 4. The van der Waals surface area contributed by atoms with E-state index in [1.54, 1.807) is 11.3 Å². The van der Waals surface area contributed by atoms with Crippen LogP contribution < -0.4 is 10.6 Å². The Morgan fingerprint density at radius 2 is 2.04 bits per heavy atom. The molecule has 0 bridgehead atoms. The van der Waals surface area contributed by atoms with Crippen LogP contribution in [0, 0.1) is 5.41 Å². The number of aromatic nitrogens is 1. The van der Waals surface area contributed by atoms with Gasteiger partial charge in [-0.25, -0.2) is 4.98 Å². The molecule has 3 N–H and O–H groups in total. The van der Waals surface area contributed by atoms with Crippen LogP contribution in [0.25, 0.3) is 0 Å². The third kappa shape index (κ3) is 8.23. The van der Waals surface area contributed by atoms with E-state index < -0.39 is 0 Å².